The van der Waals surface area contributed by atoms with E-state index >= 15 is 0 Å². The number of aldehydes is 1. The fourth-order valence-electron chi connectivity index (χ4n) is 5.79. The molecule has 1 amide bonds. The van der Waals surface area contributed by atoms with E-state index in [0.29, 0.717) is 31.0 Å². The Balaban J connectivity index is 1.28. The molecule has 1 heterocycles. The van der Waals surface area contributed by atoms with Crippen LogP contribution in [0.2, 0.25) is 0 Å². The van der Waals surface area contributed by atoms with Gasteiger partial charge in [0, 0.05) is 35.2 Å². The molecule has 5 aromatic rings. The van der Waals surface area contributed by atoms with Gasteiger partial charge in [-0.3, -0.25) is 4.79 Å². The van der Waals surface area contributed by atoms with Crippen LogP contribution in [-0.4, -0.2) is 23.7 Å². The number of aromatic nitrogens is 1. The number of nitrogens with zero attached hydrogens (tertiary/aromatic N) is 2. The van der Waals surface area contributed by atoms with Gasteiger partial charge in [0.1, 0.15) is 6.29 Å². The predicted molar refractivity (Wildman–Crippen MR) is 173 cm³/mol. The molecule has 1 N–H and O–H groups in total. The zero-order chi connectivity index (χ0) is 28.7. The number of amides is 1. The molecule has 0 radical (unpaired) electrons. The zero-order valence-electron chi connectivity index (χ0n) is 23.7. The number of carbonyl (C=O) groups excluding carboxylic acids is 2. The standard InChI is InChI=1S/C36H35N3O2S/c40-22-6-21-37-35(41)30-13-11-26(12-14-30)24-39(33-19-17-29(18-20-33)27-7-2-1-3-8-27)36-38-34(25-42-36)32-16-15-28-9-4-5-10-31(28)23-32/h4-5,9-20,22-23,25,27H,1-3,6-8,21,24H2,(H,37,41). The first-order valence-corrected chi connectivity index (χ1v) is 15.7. The van der Waals surface area contributed by atoms with Crippen LogP contribution < -0.4 is 10.2 Å². The Morgan fingerprint density at radius 2 is 1.67 bits per heavy atom. The minimum absolute atomic E-state index is 0.168. The van der Waals surface area contributed by atoms with Crippen molar-refractivity contribution in [3.05, 3.63) is 113 Å². The molecule has 5 nitrogen and oxygen atoms in total. The van der Waals surface area contributed by atoms with Crippen LogP contribution in [0.4, 0.5) is 10.8 Å². The molecule has 212 valence electrons. The Hall–Kier alpha value is -4.29. The van der Waals surface area contributed by atoms with Crippen molar-refractivity contribution in [2.45, 2.75) is 51.0 Å². The van der Waals surface area contributed by atoms with Crippen LogP contribution in [-0.2, 0) is 11.3 Å². The predicted octanol–water partition coefficient (Wildman–Crippen LogP) is 8.67. The van der Waals surface area contributed by atoms with E-state index in [1.165, 1.54) is 48.4 Å². The number of rotatable bonds is 10. The molecule has 1 aromatic heterocycles. The normalized spacial score (nSPS) is 13.6. The minimum atomic E-state index is -0.168. The summed E-state index contributed by atoms with van der Waals surface area (Å²) in [7, 11) is 0. The second-order valence-corrected chi connectivity index (χ2v) is 11.8. The molecule has 0 aliphatic heterocycles. The summed E-state index contributed by atoms with van der Waals surface area (Å²) in [5, 5.41) is 8.27. The second-order valence-electron chi connectivity index (χ2n) is 11.0. The Morgan fingerprint density at radius 3 is 2.43 bits per heavy atom. The average Bonchev–Trinajstić information content (AvgIpc) is 3.54. The molecular formula is C36H35N3O2S. The van der Waals surface area contributed by atoms with Crippen molar-refractivity contribution in [2.24, 2.45) is 0 Å². The highest BCUT2D eigenvalue weighted by molar-refractivity contribution is 7.14. The van der Waals surface area contributed by atoms with Crippen LogP contribution in [0.1, 0.15) is 65.9 Å². The number of anilines is 2. The van der Waals surface area contributed by atoms with Crippen molar-refractivity contribution in [3.8, 4) is 11.3 Å². The van der Waals surface area contributed by atoms with Crippen molar-refractivity contribution in [3.63, 3.8) is 0 Å². The van der Waals surface area contributed by atoms with Crippen molar-refractivity contribution in [2.75, 3.05) is 11.4 Å². The summed E-state index contributed by atoms with van der Waals surface area (Å²) in [5.74, 6) is 0.490. The average molecular weight is 574 g/mol. The largest absolute Gasteiger partial charge is 0.352 e. The second kappa shape index (κ2) is 13.1. The van der Waals surface area contributed by atoms with E-state index in [-0.39, 0.29) is 5.91 Å². The molecule has 6 heteroatoms. The van der Waals surface area contributed by atoms with E-state index in [0.717, 1.165) is 33.9 Å². The van der Waals surface area contributed by atoms with Gasteiger partial charge in [0.25, 0.3) is 5.91 Å². The molecule has 42 heavy (non-hydrogen) atoms. The highest BCUT2D eigenvalue weighted by Gasteiger charge is 2.19. The maximum atomic E-state index is 12.4. The Labute approximate surface area is 251 Å². The summed E-state index contributed by atoms with van der Waals surface area (Å²) in [4.78, 5) is 30.4. The number of hydrogen-bond donors (Lipinski definition) is 1. The molecule has 0 atom stereocenters. The first-order valence-electron chi connectivity index (χ1n) is 14.8. The Kier molecular flexibility index (Phi) is 8.71. The van der Waals surface area contributed by atoms with E-state index in [1.54, 1.807) is 11.3 Å². The van der Waals surface area contributed by atoms with Gasteiger partial charge in [-0.15, -0.1) is 11.3 Å². The lowest BCUT2D eigenvalue weighted by Gasteiger charge is -2.25. The lowest BCUT2D eigenvalue weighted by Crippen LogP contribution is -2.24. The SMILES string of the molecule is O=CCCNC(=O)c1ccc(CN(c2ccc(C3CCCCC3)cc2)c2nc(-c3ccc4ccccc4c3)cs2)cc1. The fraction of sp³-hybridized carbons (Fsp3) is 0.250. The third-order valence-electron chi connectivity index (χ3n) is 8.15. The fourth-order valence-corrected chi connectivity index (χ4v) is 6.65. The van der Waals surface area contributed by atoms with E-state index in [1.807, 2.05) is 24.3 Å². The molecule has 0 spiro atoms. The maximum absolute atomic E-state index is 12.4. The molecule has 0 unspecified atom stereocenters. The molecule has 1 aliphatic rings. The number of nitrogens with one attached hydrogen (secondary N) is 1. The molecule has 0 bridgehead atoms. The first-order chi connectivity index (χ1) is 20.7. The minimum Gasteiger partial charge on any atom is -0.352 e. The number of benzene rings is 4. The van der Waals surface area contributed by atoms with E-state index in [9.17, 15) is 9.59 Å². The monoisotopic (exact) mass is 573 g/mol. The van der Waals surface area contributed by atoms with Crippen LogP contribution in [0.5, 0.6) is 0 Å². The van der Waals surface area contributed by atoms with Crippen LogP contribution in [0, 0.1) is 0 Å². The molecule has 6 rings (SSSR count). The Bertz CT molecular complexity index is 1650. The van der Waals surface area contributed by atoms with Crippen LogP contribution in [0.25, 0.3) is 22.0 Å². The van der Waals surface area contributed by atoms with Crippen LogP contribution in [0.15, 0.2) is 96.4 Å². The maximum Gasteiger partial charge on any atom is 0.251 e. The lowest BCUT2D eigenvalue weighted by atomic mass is 9.84. The number of thiazole rings is 1. The number of hydrogen-bond acceptors (Lipinski definition) is 5. The van der Waals surface area contributed by atoms with Gasteiger partial charge in [-0.1, -0.05) is 79.9 Å². The third-order valence-corrected chi connectivity index (χ3v) is 9.02. The topological polar surface area (TPSA) is 62.3 Å². The smallest absolute Gasteiger partial charge is 0.251 e. The van der Waals surface area contributed by atoms with Crippen molar-refractivity contribution >= 4 is 45.1 Å². The van der Waals surface area contributed by atoms with Crippen molar-refractivity contribution in [1.82, 2.24) is 10.3 Å². The molecule has 1 saturated carbocycles. The van der Waals surface area contributed by atoms with Crippen LogP contribution in [0.3, 0.4) is 0 Å². The summed E-state index contributed by atoms with van der Waals surface area (Å²) >= 11 is 1.65. The molecule has 4 aromatic carbocycles. The van der Waals surface area contributed by atoms with Gasteiger partial charge in [-0.25, -0.2) is 4.98 Å². The van der Waals surface area contributed by atoms with Gasteiger partial charge >= 0.3 is 0 Å². The van der Waals surface area contributed by atoms with Gasteiger partial charge in [-0.05, 0) is 71.0 Å². The van der Waals surface area contributed by atoms with E-state index in [2.05, 4.69) is 82.3 Å². The summed E-state index contributed by atoms with van der Waals surface area (Å²) in [6, 6.07) is 31.6. The van der Waals surface area contributed by atoms with Gasteiger partial charge in [0.15, 0.2) is 5.13 Å². The zero-order valence-corrected chi connectivity index (χ0v) is 24.5. The molecular weight excluding hydrogens is 538 g/mol. The summed E-state index contributed by atoms with van der Waals surface area (Å²) in [6.07, 6.45) is 7.67. The quantitative estimate of drug-likeness (QED) is 0.134. The molecule has 1 aliphatic carbocycles. The van der Waals surface area contributed by atoms with Gasteiger partial charge in [-0.2, -0.15) is 0 Å². The summed E-state index contributed by atoms with van der Waals surface area (Å²) in [5.41, 5.74) is 6.27. The van der Waals surface area contributed by atoms with Crippen molar-refractivity contribution in [1.29, 1.82) is 0 Å². The first kappa shape index (κ1) is 27.9. The summed E-state index contributed by atoms with van der Waals surface area (Å²) in [6.45, 7) is 0.971. The van der Waals surface area contributed by atoms with Crippen molar-refractivity contribution < 1.29 is 9.59 Å². The molecule has 0 saturated heterocycles. The third kappa shape index (κ3) is 6.44. The number of carbonyl (C=O) groups is 2. The van der Waals surface area contributed by atoms with E-state index < -0.39 is 0 Å². The van der Waals surface area contributed by atoms with Crippen LogP contribution >= 0.6 is 11.3 Å². The van der Waals surface area contributed by atoms with Gasteiger partial charge in [0.2, 0.25) is 0 Å². The van der Waals surface area contributed by atoms with Gasteiger partial charge in [0.05, 0.1) is 12.2 Å². The molecule has 1 fully saturated rings. The highest BCUT2D eigenvalue weighted by atomic mass is 32.1. The highest BCUT2D eigenvalue weighted by Crippen LogP contribution is 2.37. The van der Waals surface area contributed by atoms with Gasteiger partial charge < -0.3 is 15.0 Å². The lowest BCUT2D eigenvalue weighted by molar-refractivity contribution is -0.107. The summed E-state index contributed by atoms with van der Waals surface area (Å²) < 4.78 is 0. The number of fused-ring (bicyclic) bond motifs is 1. The van der Waals surface area contributed by atoms with E-state index in [4.69, 9.17) is 4.98 Å². The Morgan fingerprint density at radius 1 is 0.905 bits per heavy atom.